The standard InChI is InChI=1S/C21H26FN5O/c1-24-6-8-25(9-7-24)18-14-17(15-23-16-18)21(28)27-12-10-26(11-13-27)20-5-3-2-4-19(20)22/h2-5,14-16H,6-13H2,1H3. The molecular formula is C21H26FN5O. The van der Waals surface area contributed by atoms with E-state index in [4.69, 9.17) is 0 Å². The summed E-state index contributed by atoms with van der Waals surface area (Å²) in [5.41, 5.74) is 2.23. The van der Waals surface area contributed by atoms with Crippen molar-refractivity contribution in [1.29, 1.82) is 0 Å². The van der Waals surface area contributed by atoms with Crippen molar-refractivity contribution in [3.05, 3.63) is 54.1 Å². The van der Waals surface area contributed by atoms with E-state index in [1.165, 1.54) is 6.07 Å². The van der Waals surface area contributed by atoms with Crippen LogP contribution in [0.3, 0.4) is 0 Å². The number of hydrogen-bond donors (Lipinski definition) is 0. The van der Waals surface area contributed by atoms with E-state index in [-0.39, 0.29) is 11.7 Å². The van der Waals surface area contributed by atoms with Crippen molar-refractivity contribution in [2.45, 2.75) is 0 Å². The highest BCUT2D eigenvalue weighted by Gasteiger charge is 2.24. The zero-order valence-corrected chi connectivity index (χ0v) is 16.2. The Morgan fingerprint density at radius 3 is 2.32 bits per heavy atom. The van der Waals surface area contributed by atoms with Crippen molar-refractivity contribution in [2.75, 3.05) is 69.2 Å². The Hall–Kier alpha value is -2.67. The number of pyridine rings is 1. The van der Waals surface area contributed by atoms with Crippen molar-refractivity contribution >= 4 is 17.3 Å². The summed E-state index contributed by atoms with van der Waals surface area (Å²) in [7, 11) is 2.12. The van der Waals surface area contributed by atoms with Crippen LogP contribution in [0.2, 0.25) is 0 Å². The first-order valence-corrected chi connectivity index (χ1v) is 9.79. The van der Waals surface area contributed by atoms with E-state index in [2.05, 4.69) is 21.8 Å². The lowest BCUT2D eigenvalue weighted by molar-refractivity contribution is 0.0746. The summed E-state index contributed by atoms with van der Waals surface area (Å²) in [5.74, 6) is -0.219. The van der Waals surface area contributed by atoms with Crippen LogP contribution in [-0.2, 0) is 0 Å². The maximum Gasteiger partial charge on any atom is 0.255 e. The Morgan fingerprint density at radius 1 is 0.929 bits per heavy atom. The summed E-state index contributed by atoms with van der Waals surface area (Å²) in [5, 5.41) is 0. The van der Waals surface area contributed by atoms with Crippen LogP contribution in [0.1, 0.15) is 10.4 Å². The van der Waals surface area contributed by atoms with E-state index in [1.807, 2.05) is 28.1 Å². The second-order valence-corrected chi connectivity index (χ2v) is 7.45. The fraction of sp³-hybridized carbons (Fsp3) is 0.429. The Morgan fingerprint density at radius 2 is 1.61 bits per heavy atom. The van der Waals surface area contributed by atoms with Crippen molar-refractivity contribution in [3.63, 3.8) is 0 Å². The van der Waals surface area contributed by atoms with Gasteiger partial charge in [-0.05, 0) is 25.2 Å². The predicted molar refractivity (Wildman–Crippen MR) is 108 cm³/mol. The SMILES string of the molecule is CN1CCN(c2cncc(C(=O)N3CCN(c4ccccc4F)CC3)c2)CC1. The molecule has 4 rings (SSSR count). The molecule has 2 fully saturated rings. The number of rotatable bonds is 3. The summed E-state index contributed by atoms with van der Waals surface area (Å²) in [4.78, 5) is 25.7. The molecule has 0 aliphatic carbocycles. The fourth-order valence-electron chi connectivity index (χ4n) is 3.82. The third kappa shape index (κ3) is 3.94. The number of piperazine rings is 2. The van der Waals surface area contributed by atoms with Crippen LogP contribution in [0, 0.1) is 5.82 Å². The molecule has 2 aliphatic rings. The molecule has 0 radical (unpaired) electrons. The molecule has 0 unspecified atom stereocenters. The number of nitrogens with zero attached hydrogens (tertiary/aromatic N) is 5. The third-order valence-electron chi connectivity index (χ3n) is 5.60. The van der Waals surface area contributed by atoms with Gasteiger partial charge >= 0.3 is 0 Å². The zero-order valence-electron chi connectivity index (χ0n) is 16.2. The monoisotopic (exact) mass is 383 g/mol. The van der Waals surface area contributed by atoms with Gasteiger partial charge in [0.2, 0.25) is 0 Å². The highest BCUT2D eigenvalue weighted by Crippen LogP contribution is 2.22. The molecule has 2 aliphatic heterocycles. The topological polar surface area (TPSA) is 42.9 Å². The van der Waals surface area contributed by atoms with Gasteiger partial charge in [0.25, 0.3) is 5.91 Å². The van der Waals surface area contributed by atoms with Gasteiger partial charge in [-0.3, -0.25) is 9.78 Å². The molecule has 148 valence electrons. The van der Waals surface area contributed by atoms with Gasteiger partial charge in [0.05, 0.1) is 23.1 Å². The number of benzene rings is 1. The van der Waals surface area contributed by atoms with Gasteiger partial charge in [-0.25, -0.2) is 4.39 Å². The van der Waals surface area contributed by atoms with E-state index in [1.54, 1.807) is 18.3 Å². The highest BCUT2D eigenvalue weighted by atomic mass is 19.1. The lowest BCUT2D eigenvalue weighted by Gasteiger charge is -2.36. The van der Waals surface area contributed by atoms with Crippen LogP contribution in [0.25, 0.3) is 0 Å². The minimum atomic E-state index is -0.216. The van der Waals surface area contributed by atoms with Gasteiger partial charge in [0.1, 0.15) is 5.82 Å². The normalized spacial score (nSPS) is 18.4. The lowest BCUT2D eigenvalue weighted by atomic mass is 10.2. The minimum absolute atomic E-state index is 0.00309. The van der Waals surface area contributed by atoms with Crippen LogP contribution in [0.5, 0.6) is 0 Å². The van der Waals surface area contributed by atoms with Crippen molar-refractivity contribution in [2.24, 2.45) is 0 Å². The van der Waals surface area contributed by atoms with E-state index < -0.39 is 0 Å². The molecule has 1 amide bonds. The molecule has 0 atom stereocenters. The van der Waals surface area contributed by atoms with E-state index >= 15 is 0 Å². The Bertz CT molecular complexity index is 829. The van der Waals surface area contributed by atoms with Crippen molar-refractivity contribution in [3.8, 4) is 0 Å². The summed E-state index contributed by atoms with van der Waals surface area (Å²) in [6, 6.07) is 8.74. The summed E-state index contributed by atoms with van der Waals surface area (Å²) in [6.45, 7) is 6.30. The molecule has 2 aromatic rings. The molecule has 0 N–H and O–H groups in total. The number of carbonyl (C=O) groups is 1. The van der Waals surface area contributed by atoms with Gasteiger partial charge in [0.15, 0.2) is 0 Å². The number of halogens is 1. The maximum absolute atomic E-state index is 14.0. The maximum atomic E-state index is 14.0. The third-order valence-corrected chi connectivity index (χ3v) is 5.60. The van der Waals surface area contributed by atoms with E-state index in [0.717, 1.165) is 31.9 Å². The van der Waals surface area contributed by atoms with E-state index in [0.29, 0.717) is 37.4 Å². The molecule has 28 heavy (non-hydrogen) atoms. The van der Waals surface area contributed by atoms with Crippen molar-refractivity contribution in [1.82, 2.24) is 14.8 Å². The molecule has 2 saturated heterocycles. The first-order valence-electron chi connectivity index (χ1n) is 9.79. The quantitative estimate of drug-likeness (QED) is 0.810. The number of para-hydroxylation sites is 1. The van der Waals surface area contributed by atoms with Crippen LogP contribution in [0.4, 0.5) is 15.8 Å². The number of carbonyl (C=O) groups excluding carboxylic acids is 1. The van der Waals surface area contributed by atoms with Crippen LogP contribution in [-0.4, -0.2) is 80.1 Å². The highest BCUT2D eigenvalue weighted by molar-refractivity contribution is 5.95. The molecule has 0 saturated carbocycles. The molecule has 7 heteroatoms. The summed E-state index contributed by atoms with van der Waals surface area (Å²) >= 11 is 0. The van der Waals surface area contributed by atoms with Gasteiger partial charge < -0.3 is 19.6 Å². The van der Waals surface area contributed by atoms with Gasteiger partial charge in [-0.2, -0.15) is 0 Å². The Kier molecular flexibility index (Phi) is 5.43. The minimum Gasteiger partial charge on any atom is -0.368 e. The first-order chi connectivity index (χ1) is 13.6. The molecular weight excluding hydrogens is 357 g/mol. The average molecular weight is 383 g/mol. The van der Waals surface area contributed by atoms with Gasteiger partial charge in [-0.15, -0.1) is 0 Å². The van der Waals surface area contributed by atoms with Gasteiger partial charge in [0, 0.05) is 58.6 Å². The fourth-order valence-corrected chi connectivity index (χ4v) is 3.82. The predicted octanol–water partition coefficient (Wildman–Crippen LogP) is 1.93. The lowest BCUT2D eigenvalue weighted by Crippen LogP contribution is -2.49. The molecule has 0 spiro atoms. The largest absolute Gasteiger partial charge is 0.368 e. The molecule has 1 aromatic carbocycles. The smallest absolute Gasteiger partial charge is 0.255 e. The molecule has 3 heterocycles. The van der Waals surface area contributed by atoms with Crippen molar-refractivity contribution < 1.29 is 9.18 Å². The Balaban J connectivity index is 1.40. The van der Waals surface area contributed by atoms with Crippen LogP contribution >= 0.6 is 0 Å². The average Bonchev–Trinajstić information content (AvgIpc) is 2.74. The summed E-state index contributed by atoms with van der Waals surface area (Å²) < 4.78 is 14.0. The van der Waals surface area contributed by atoms with Crippen LogP contribution in [0.15, 0.2) is 42.7 Å². The second kappa shape index (κ2) is 8.14. The summed E-state index contributed by atoms with van der Waals surface area (Å²) in [6.07, 6.45) is 3.48. The molecule has 0 bridgehead atoms. The van der Waals surface area contributed by atoms with E-state index in [9.17, 15) is 9.18 Å². The van der Waals surface area contributed by atoms with Crippen LogP contribution < -0.4 is 9.80 Å². The van der Waals surface area contributed by atoms with Gasteiger partial charge in [-0.1, -0.05) is 12.1 Å². The first kappa shape index (κ1) is 18.7. The number of amides is 1. The number of anilines is 2. The Labute approximate surface area is 165 Å². The number of hydrogen-bond acceptors (Lipinski definition) is 5. The molecule has 6 nitrogen and oxygen atoms in total. The number of likely N-dealkylation sites (N-methyl/N-ethyl adjacent to an activating group) is 1. The molecule has 1 aromatic heterocycles. The second-order valence-electron chi connectivity index (χ2n) is 7.45. The number of aromatic nitrogens is 1. The zero-order chi connectivity index (χ0) is 19.5.